The number of amides is 2. The molecular weight excluding hydrogens is 280 g/mol. The highest BCUT2D eigenvalue weighted by Crippen LogP contribution is 2.26. The molecule has 2 aliphatic heterocycles. The fraction of sp³-hybridized carbons (Fsp3) is 0.625. The highest BCUT2D eigenvalue weighted by atomic mass is 16.2. The maximum Gasteiger partial charge on any atom is 0.257 e. The molecule has 118 valence electrons. The summed E-state index contributed by atoms with van der Waals surface area (Å²) in [5.41, 5.74) is 0.454. The zero-order valence-electron chi connectivity index (χ0n) is 13.3. The van der Waals surface area contributed by atoms with Crippen LogP contribution in [0.15, 0.2) is 12.4 Å². The minimum atomic E-state index is -0.411. The normalized spacial score (nSPS) is 24.8. The number of hydrogen-bond donors (Lipinski definition) is 0. The van der Waals surface area contributed by atoms with Gasteiger partial charge >= 0.3 is 0 Å². The van der Waals surface area contributed by atoms with Crippen LogP contribution < -0.4 is 0 Å². The molecule has 1 aromatic heterocycles. The van der Waals surface area contributed by atoms with E-state index in [0.717, 1.165) is 25.2 Å². The molecule has 1 aromatic rings. The second kappa shape index (κ2) is 5.66. The van der Waals surface area contributed by atoms with Crippen molar-refractivity contribution in [2.75, 3.05) is 13.1 Å². The largest absolute Gasteiger partial charge is 0.336 e. The summed E-state index contributed by atoms with van der Waals surface area (Å²) in [6.45, 7) is 7.26. The lowest BCUT2D eigenvalue weighted by Gasteiger charge is -2.41. The number of hydrogen-bond acceptors (Lipinski definition) is 4. The lowest BCUT2D eigenvalue weighted by atomic mass is 10.1. The third kappa shape index (κ3) is 2.46. The Morgan fingerprint density at radius 3 is 2.64 bits per heavy atom. The van der Waals surface area contributed by atoms with Crippen molar-refractivity contribution < 1.29 is 9.59 Å². The van der Waals surface area contributed by atoms with Gasteiger partial charge in [0.05, 0.1) is 5.56 Å². The molecule has 2 saturated heterocycles. The number of rotatable bonds is 2. The van der Waals surface area contributed by atoms with Crippen molar-refractivity contribution in [2.24, 2.45) is 0 Å². The standard InChI is InChI=1S/C16H22N4O2/c1-10(2)14-17-7-12(8-18-14)16(22)20-9-13-5-4-6-19(13)15(21)11(20)3/h7-8,10-11,13H,4-6,9H2,1-3H3/t11-,13+/m0/s1. The van der Waals surface area contributed by atoms with Crippen molar-refractivity contribution in [3.63, 3.8) is 0 Å². The van der Waals surface area contributed by atoms with Crippen LogP contribution in [-0.2, 0) is 4.79 Å². The Morgan fingerprint density at radius 2 is 2.00 bits per heavy atom. The monoisotopic (exact) mass is 302 g/mol. The fourth-order valence-corrected chi connectivity index (χ4v) is 3.25. The third-order valence-electron chi connectivity index (χ3n) is 4.59. The lowest BCUT2D eigenvalue weighted by Crippen LogP contribution is -2.60. The number of carbonyl (C=O) groups excluding carboxylic acids is 2. The van der Waals surface area contributed by atoms with E-state index in [9.17, 15) is 9.59 Å². The van der Waals surface area contributed by atoms with E-state index in [1.54, 1.807) is 24.2 Å². The molecular formula is C16H22N4O2. The molecule has 0 saturated carbocycles. The Morgan fingerprint density at radius 1 is 1.32 bits per heavy atom. The lowest BCUT2D eigenvalue weighted by molar-refractivity contribution is -0.141. The van der Waals surface area contributed by atoms with Crippen molar-refractivity contribution in [3.8, 4) is 0 Å². The van der Waals surface area contributed by atoms with E-state index in [0.29, 0.717) is 12.1 Å². The van der Waals surface area contributed by atoms with Crippen molar-refractivity contribution in [1.82, 2.24) is 19.8 Å². The molecule has 0 spiro atoms. The minimum absolute atomic E-state index is 0.0572. The van der Waals surface area contributed by atoms with Gasteiger partial charge in [-0.25, -0.2) is 9.97 Å². The van der Waals surface area contributed by atoms with Crippen molar-refractivity contribution in [1.29, 1.82) is 0 Å². The van der Waals surface area contributed by atoms with Gasteiger partial charge in [-0.1, -0.05) is 13.8 Å². The fourth-order valence-electron chi connectivity index (χ4n) is 3.25. The van der Waals surface area contributed by atoms with E-state index in [1.807, 2.05) is 18.7 Å². The molecule has 22 heavy (non-hydrogen) atoms. The van der Waals surface area contributed by atoms with Gasteiger partial charge in [0.25, 0.3) is 5.91 Å². The highest BCUT2D eigenvalue weighted by Gasteiger charge is 2.42. The van der Waals surface area contributed by atoms with Crippen LogP contribution in [-0.4, -0.2) is 56.8 Å². The number of nitrogens with zero attached hydrogens (tertiary/aromatic N) is 4. The summed E-state index contributed by atoms with van der Waals surface area (Å²) < 4.78 is 0. The van der Waals surface area contributed by atoms with Gasteiger partial charge in [0.1, 0.15) is 11.9 Å². The summed E-state index contributed by atoms with van der Waals surface area (Å²) >= 11 is 0. The van der Waals surface area contributed by atoms with Gasteiger partial charge in [0, 0.05) is 37.4 Å². The molecule has 6 nitrogen and oxygen atoms in total. The van der Waals surface area contributed by atoms with E-state index < -0.39 is 6.04 Å². The average molecular weight is 302 g/mol. The Labute approximate surface area is 130 Å². The number of aromatic nitrogens is 2. The highest BCUT2D eigenvalue weighted by molar-refractivity contribution is 5.97. The third-order valence-corrected chi connectivity index (χ3v) is 4.59. The molecule has 3 rings (SSSR count). The maximum absolute atomic E-state index is 12.7. The Kier molecular flexibility index (Phi) is 3.85. The van der Waals surface area contributed by atoms with Crippen LogP contribution in [0.1, 0.15) is 55.7 Å². The molecule has 2 aliphatic rings. The smallest absolute Gasteiger partial charge is 0.257 e. The van der Waals surface area contributed by atoms with E-state index in [-0.39, 0.29) is 23.8 Å². The first-order valence-electron chi connectivity index (χ1n) is 7.92. The number of fused-ring (bicyclic) bond motifs is 1. The molecule has 0 N–H and O–H groups in total. The molecule has 0 radical (unpaired) electrons. The topological polar surface area (TPSA) is 66.4 Å². The van der Waals surface area contributed by atoms with E-state index in [1.165, 1.54) is 0 Å². The molecule has 0 unspecified atom stereocenters. The quantitative estimate of drug-likeness (QED) is 0.829. The van der Waals surface area contributed by atoms with Gasteiger partial charge in [-0.2, -0.15) is 0 Å². The molecule has 0 aliphatic carbocycles. The van der Waals surface area contributed by atoms with Crippen molar-refractivity contribution in [3.05, 3.63) is 23.8 Å². The Balaban J connectivity index is 1.80. The van der Waals surface area contributed by atoms with Crippen molar-refractivity contribution >= 4 is 11.8 Å². The Hall–Kier alpha value is -1.98. The first-order chi connectivity index (χ1) is 10.5. The van der Waals surface area contributed by atoms with Crippen LogP contribution in [0.2, 0.25) is 0 Å². The summed E-state index contributed by atoms with van der Waals surface area (Å²) in [5.74, 6) is 0.859. The van der Waals surface area contributed by atoms with E-state index in [2.05, 4.69) is 9.97 Å². The predicted octanol–water partition coefficient (Wildman–Crippen LogP) is 1.44. The van der Waals surface area contributed by atoms with Gasteiger partial charge in [0.2, 0.25) is 5.91 Å². The van der Waals surface area contributed by atoms with Gasteiger partial charge in [0.15, 0.2) is 0 Å². The molecule has 0 bridgehead atoms. The first-order valence-corrected chi connectivity index (χ1v) is 7.92. The second-order valence-corrected chi connectivity index (χ2v) is 6.45. The van der Waals surface area contributed by atoms with Crippen LogP contribution in [0, 0.1) is 0 Å². The molecule has 2 fully saturated rings. The zero-order chi connectivity index (χ0) is 15.9. The molecule has 0 aromatic carbocycles. The second-order valence-electron chi connectivity index (χ2n) is 6.45. The zero-order valence-corrected chi connectivity index (χ0v) is 13.3. The SMILES string of the molecule is CC(C)c1ncc(C(=O)N2C[C@H]3CCCN3C(=O)[C@@H]2C)cn1. The summed E-state index contributed by atoms with van der Waals surface area (Å²) in [5, 5.41) is 0. The molecule has 3 heterocycles. The van der Waals surface area contributed by atoms with E-state index >= 15 is 0 Å². The molecule has 6 heteroatoms. The summed E-state index contributed by atoms with van der Waals surface area (Å²) in [6, 6.07) is -0.241. The predicted molar refractivity (Wildman–Crippen MR) is 81.4 cm³/mol. The van der Waals surface area contributed by atoms with Crippen molar-refractivity contribution in [2.45, 2.75) is 51.6 Å². The van der Waals surface area contributed by atoms with Gasteiger partial charge in [-0.05, 0) is 19.8 Å². The van der Waals surface area contributed by atoms with Crippen LogP contribution in [0.3, 0.4) is 0 Å². The van der Waals surface area contributed by atoms with Crippen LogP contribution in [0.25, 0.3) is 0 Å². The van der Waals surface area contributed by atoms with Crippen LogP contribution in [0.4, 0.5) is 0 Å². The maximum atomic E-state index is 12.7. The number of carbonyl (C=O) groups is 2. The average Bonchev–Trinajstić information content (AvgIpc) is 2.99. The van der Waals surface area contributed by atoms with Gasteiger partial charge in [-0.3, -0.25) is 9.59 Å². The Bertz CT molecular complexity index is 584. The molecule has 2 atom stereocenters. The summed E-state index contributed by atoms with van der Waals surface area (Å²) in [7, 11) is 0. The van der Waals surface area contributed by atoms with E-state index in [4.69, 9.17) is 0 Å². The number of piperazine rings is 1. The summed E-state index contributed by atoms with van der Waals surface area (Å²) in [4.78, 5) is 37.2. The van der Waals surface area contributed by atoms with Gasteiger partial charge < -0.3 is 9.80 Å². The summed E-state index contributed by atoms with van der Waals surface area (Å²) in [6.07, 6.45) is 5.15. The van der Waals surface area contributed by atoms with Crippen LogP contribution >= 0.6 is 0 Å². The van der Waals surface area contributed by atoms with Gasteiger partial charge in [-0.15, -0.1) is 0 Å². The first kappa shape index (κ1) is 14.9. The minimum Gasteiger partial charge on any atom is -0.336 e. The van der Waals surface area contributed by atoms with Crippen LogP contribution in [0.5, 0.6) is 0 Å². The molecule has 2 amide bonds.